The second-order valence-electron chi connectivity index (χ2n) is 2.96. The predicted molar refractivity (Wildman–Crippen MR) is 39.8 cm³/mol. The van der Waals surface area contributed by atoms with E-state index < -0.39 is 0 Å². The first-order valence-corrected chi connectivity index (χ1v) is 3.92. The fraction of sp³-hybridized carbons (Fsp3) is 1.00. The van der Waals surface area contributed by atoms with Gasteiger partial charge in [0, 0.05) is 13.0 Å². The molecule has 0 amide bonds. The Balaban J connectivity index is 2.56. The monoisotopic (exact) mass is 144 g/mol. The summed E-state index contributed by atoms with van der Waals surface area (Å²) in [5.74, 6) is 0.284. The van der Waals surface area contributed by atoms with Gasteiger partial charge in [-0.1, -0.05) is 6.92 Å². The van der Waals surface area contributed by atoms with E-state index in [-0.39, 0.29) is 5.79 Å². The predicted octanol–water partition coefficient (Wildman–Crippen LogP) is 1.80. The van der Waals surface area contributed by atoms with Gasteiger partial charge in [0.1, 0.15) is 0 Å². The maximum absolute atomic E-state index is 5.47. The highest BCUT2D eigenvalue weighted by atomic mass is 16.7. The van der Waals surface area contributed by atoms with Crippen molar-refractivity contribution >= 4 is 0 Å². The molecule has 2 unspecified atom stereocenters. The van der Waals surface area contributed by atoms with Crippen LogP contribution in [0.4, 0.5) is 0 Å². The molecule has 0 aromatic rings. The second-order valence-corrected chi connectivity index (χ2v) is 2.96. The fourth-order valence-corrected chi connectivity index (χ4v) is 1.58. The number of rotatable bonds is 2. The molecular formula is C8H16O2. The SMILES string of the molecule is CCC1CCOC1(C)OC. The third-order valence-electron chi connectivity index (χ3n) is 2.49. The molecule has 0 N–H and O–H groups in total. The molecule has 60 valence electrons. The second kappa shape index (κ2) is 2.89. The molecule has 1 saturated heterocycles. The molecule has 2 nitrogen and oxygen atoms in total. The number of methoxy groups -OCH3 is 1. The summed E-state index contributed by atoms with van der Waals surface area (Å²) in [6.07, 6.45) is 2.28. The van der Waals surface area contributed by atoms with Gasteiger partial charge in [-0.05, 0) is 19.8 Å². The molecule has 2 heteroatoms. The van der Waals surface area contributed by atoms with Gasteiger partial charge in [0.25, 0.3) is 0 Å². The fourth-order valence-electron chi connectivity index (χ4n) is 1.58. The molecule has 10 heavy (non-hydrogen) atoms. The Labute approximate surface area is 62.5 Å². The van der Waals surface area contributed by atoms with E-state index in [0.29, 0.717) is 5.92 Å². The van der Waals surface area contributed by atoms with Crippen molar-refractivity contribution in [1.82, 2.24) is 0 Å². The smallest absolute Gasteiger partial charge is 0.167 e. The van der Waals surface area contributed by atoms with Crippen molar-refractivity contribution in [3.63, 3.8) is 0 Å². The minimum Gasteiger partial charge on any atom is -0.353 e. The Kier molecular flexibility index (Phi) is 2.32. The van der Waals surface area contributed by atoms with E-state index in [2.05, 4.69) is 6.92 Å². The van der Waals surface area contributed by atoms with Crippen molar-refractivity contribution in [2.24, 2.45) is 5.92 Å². The Morgan fingerprint density at radius 1 is 1.70 bits per heavy atom. The average molecular weight is 144 g/mol. The van der Waals surface area contributed by atoms with Crippen LogP contribution in [0.25, 0.3) is 0 Å². The van der Waals surface area contributed by atoms with Crippen molar-refractivity contribution in [2.45, 2.75) is 32.5 Å². The zero-order chi connectivity index (χ0) is 7.61. The molecule has 0 aliphatic carbocycles. The molecule has 1 fully saturated rings. The van der Waals surface area contributed by atoms with Gasteiger partial charge in [0.05, 0.1) is 6.61 Å². The van der Waals surface area contributed by atoms with Crippen LogP contribution in [0.3, 0.4) is 0 Å². The summed E-state index contributed by atoms with van der Waals surface area (Å²) in [7, 11) is 1.72. The lowest BCUT2D eigenvalue weighted by atomic mass is 9.97. The van der Waals surface area contributed by atoms with Crippen molar-refractivity contribution in [2.75, 3.05) is 13.7 Å². The Hall–Kier alpha value is -0.0800. The van der Waals surface area contributed by atoms with Crippen molar-refractivity contribution in [1.29, 1.82) is 0 Å². The summed E-state index contributed by atoms with van der Waals surface area (Å²) < 4.78 is 10.8. The quantitative estimate of drug-likeness (QED) is 0.588. The largest absolute Gasteiger partial charge is 0.353 e. The standard InChI is InChI=1S/C8H16O2/c1-4-7-5-6-10-8(7,2)9-3/h7H,4-6H2,1-3H3. The van der Waals surface area contributed by atoms with E-state index >= 15 is 0 Å². The number of hydrogen-bond donors (Lipinski definition) is 0. The Morgan fingerprint density at radius 3 is 2.80 bits per heavy atom. The first-order valence-electron chi connectivity index (χ1n) is 3.92. The maximum atomic E-state index is 5.47. The molecule has 0 spiro atoms. The highest BCUT2D eigenvalue weighted by Gasteiger charge is 2.38. The van der Waals surface area contributed by atoms with Gasteiger partial charge in [0.15, 0.2) is 5.79 Å². The van der Waals surface area contributed by atoms with Crippen LogP contribution in [0.2, 0.25) is 0 Å². The minimum absolute atomic E-state index is 0.297. The van der Waals surface area contributed by atoms with E-state index in [1.165, 1.54) is 0 Å². The van der Waals surface area contributed by atoms with Crippen LogP contribution >= 0.6 is 0 Å². The highest BCUT2D eigenvalue weighted by molar-refractivity contribution is 4.79. The van der Waals surface area contributed by atoms with Crippen LogP contribution in [0.5, 0.6) is 0 Å². The van der Waals surface area contributed by atoms with E-state index in [1.807, 2.05) is 6.92 Å². The van der Waals surface area contributed by atoms with Gasteiger partial charge in [-0.15, -0.1) is 0 Å². The average Bonchev–Trinajstić information content (AvgIpc) is 2.32. The topological polar surface area (TPSA) is 18.5 Å². The molecule has 0 saturated carbocycles. The molecule has 0 bridgehead atoms. The third-order valence-corrected chi connectivity index (χ3v) is 2.49. The van der Waals surface area contributed by atoms with Gasteiger partial charge in [-0.25, -0.2) is 0 Å². The molecule has 0 aromatic heterocycles. The lowest BCUT2D eigenvalue weighted by molar-refractivity contribution is -0.202. The summed E-state index contributed by atoms with van der Waals surface area (Å²) >= 11 is 0. The van der Waals surface area contributed by atoms with E-state index in [9.17, 15) is 0 Å². The van der Waals surface area contributed by atoms with Crippen LogP contribution in [-0.4, -0.2) is 19.5 Å². The zero-order valence-electron chi connectivity index (χ0n) is 7.02. The van der Waals surface area contributed by atoms with Crippen LogP contribution in [0, 0.1) is 5.92 Å². The summed E-state index contributed by atoms with van der Waals surface area (Å²) in [6, 6.07) is 0. The molecule has 1 aliphatic rings. The van der Waals surface area contributed by atoms with E-state index in [4.69, 9.17) is 9.47 Å². The first kappa shape index (κ1) is 8.02. The Morgan fingerprint density at radius 2 is 2.40 bits per heavy atom. The van der Waals surface area contributed by atoms with Crippen LogP contribution in [0.1, 0.15) is 26.7 Å². The molecule has 1 heterocycles. The van der Waals surface area contributed by atoms with Crippen LogP contribution < -0.4 is 0 Å². The summed E-state index contributed by atoms with van der Waals surface area (Å²) in [5, 5.41) is 0. The van der Waals surface area contributed by atoms with Crippen molar-refractivity contribution in [3.05, 3.63) is 0 Å². The Bertz CT molecular complexity index is 114. The highest BCUT2D eigenvalue weighted by Crippen LogP contribution is 2.34. The summed E-state index contributed by atoms with van der Waals surface area (Å²) in [4.78, 5) is 0. The molecular weight excluding hydrogens is 128 g/mol. The van der Waals surface area contributed by atoms with Gasteiger partial charge in [0.2, 0.25) is 0 Å². The molecule has 1 rings (SSSR count). The van der Waals surface area contributed by atoms with Crippen LogP contribution in [-0.2, 0) is 9.47 Å². The number of ether oxygens (including phenoxy) is 2. The van der Waals surface area contributed by atoms with Gasteiger partial charge < -0.3 is 9.47 Å². The molecule has 0 aromatic carbocycles. The van der Waals surface area contributed by atoms with Gasteiger partial charge >= 0.3 is 0 Å². The minimum atomic E-state index is -0.297. The number of hydrogen-bond acceptors (Lipinski definition) is 2. The molecule has 0 radical (unpaired) electrons. The van der Waals surface area contributed by atoms with E-state index in [0.717, 1.165) is 19.4 Å². The van der Waals surface area contributed by atoms with Gasteiger partial charge in [-0.3, -0.25) is 0 Å². The zero-order valence-corrected chi connectivity index (χ0v) is 7.02. The summed E-state index contributed by atoms with van der Waals surface area (Å²) in [6.45, 7) is 5.05. The van der Waals surface area contributed by atoms with E-state index in [1.54, 1.807) is 7.11 Å². The van der Waals surface area contributed by atoms with Crippen LogP contribution in [0.15, 0.2) is 0 Å². The van der Waals surface area contributed by atoms with Crippen molar-refractivity contribution < 1.29 is 9.47 Å². The first-order chi connectivity index (χ1) is 4.73. The molecule has 2 atom stereocenters. The summed E-state index contributed by atoms with van der Waals surface area (Å²) in [5.41, 5.74) is 0. The van der Waals surface area contributed by atoms with Gasteiger partial charge in [-0.2, -0.15) is 0 Å². The maximum Gasteiger partial charge on any atom is 0.167 e. The lowest BCUT2D eigenvalue weighted by Gasteiger charge is -2.27. The molecule has 1 aliphatic heterocycles. The lowest BCUT2D eigenvalue weighted by Crippen LogP contribution is -2.33. The van der Waals surface area contributed by atoms with Crippen molar-refractivity contribution in [3.8, 4) is 0 Å². The third kappa shape index (κ3) is 1.18. The normalized spacial score (nSPS) is 40.5.